The van der Waals surface area contributed by atoms with Crippen LogP contribution in [0.25, 0.3) is 0 Å². The molecule has 0 fully saturated rings. The lowest BCUT2D eigenvalue weighted by atomic mass is 9.98. The van der Waals surface area contributed by atoms with Crippen LogP contribution in [-0.4, -0.2) is 25.9 Å². The number of nitrogens with zero attached hydrogens (tertiary/aromatic N) is 2. The summed E-state index contributed by atoms with van der Waals surface area (Å²) in [7, 11) is 0. The van der Waals surface area contributed by atoms with Crippen molar-refractivity contribution in [1.82, 2.24) is 20.1 Å². The number of nitrogens with one attached hydrogen (secondary N) is 2. The Morgan fingerprint density at radius 1 is 0.939 bits per heavy atom. The van der Waals surface area contributed by atoms with E-state index in [1.54, 1.807) is 4.57 Å². The number of thioether (sulfide) groups is 1. The molecule has 3 aromatic carbocycles. The Morgan fingerprint density at radius 2 is 1.48 bits per heavy atom. The van der Waals surface area contributed by atoms with Gasteiger partial charge in [0.1, 0.15) is 0 Å². The van der Waals surface area contributed by atoms with E-state index < -0.39 is 5.25 Å². The quantitative estimate of drug-likeness (QED) is 0.369. The van der Waals surface area contributed by atoms with Gasteiger partial charge in [0.2, 0.25) is 5.91 Å². The van der Waals surface area contributed by atoms with Crippen LogP contribution in [0.3, 0.4) is 0 Å². The Hall–Kier alpha value is -3.58. The van der Waals surface area contributed by atoms with Crippen LogP contribution in [0.4, 0.5) is 0 Å². The van der Waals surface area contributed by atoms with Crippen LogP contribution in [0.2, 0.25) is 0 Å². The fraction of sp³-hybridized carbons (Fsp3) is 0.192. The lowest BCUT2D eigenvalue weighted by molar-refractivity contribution is -0.120. The zero-order chi connectivity index (χ0) is 23.0. The van der Waals surface area contributed by atoms with Gasteiger partial charge in [0, 0.05) is 6.54 Å². The third-order valence-electron chi connectivity index (χ3n) is 5.39. The summed E-state index contributed by atoms with van der Waals surface area (Å²) in [5, 5.41) is 9.91. The van der Waals surface area contributed by atoms with E-state index in [1.165, 1.54) is 11.8 Å². The van der Waals surface area contributed by atoms with Crippen molar-refractivity contribution in [2.75, 3.05) is 0 Å². The van der Waals surface area contributed by atoms with Gasteiger partial charge in [0.15, 0.2) is 5.16 Å². The molecule has 168 valence electrons. The van der Waals surface area contributed by atoms with E-state index >= 15 is 0 Å². The second kappa shape index (κ2) is 10.8. The Labute approximate surface area is 197 Å². The molecule has 6 nitrogen and oxygen atoms in total. The highest BCUT2D eigenvalue weighted by Gasteiger charge is 2.23. The molecule has 33 heavy (non-hydrogen) atoms. The Kier molecular flexibility index (Phi) is 7.42. The van der Waals surface area contributed by atoms with Gasteiger partial charge >= 0.3 is 5.69 Å². The van der Waals surface area contributed by atoms with Crippen LogP contribution >= 0.6 is 11.8 Å². The average Bonchev–Trinajstić information content (AvgIpc) is 3.21. The molecule has 7 heteroatoms. The number of amides is 1. The SMILES string of the molecule is CC(Sc1n[nH]c(=O)n1CCc1ccccc1)C(=O)NC(c1ccccc1)c1ccccc1. The standard InChI is InChI=1S/C26H26N4O2S/c1-19(33-26-29-28-25(32)30(26)18-17-20-11-5-2-6-12-20)24(31)27-23(21-13-7-3-8-14-21)22-15-9-4-10-16-22/h2-16,19,23H,17-18H2,1H3,(H,27,31)(H,28,32). The Bertz CT molecular complexity index is 1180. The predicted molar refractivity (Wildman–Crippen MR) is 131 cm³/mol. The van der Waals surface area contributed by atoms with E-state index in [0.29, 0.717) is 18.1 Å². The molecule has 4 aromatic rings. The minimum atomic E-state index is -0.439. The zero-order valence-corrected chi connectivity index (χ0v) is 19.2. The van der Waals surface area contributed by atoms with Crippen LogP contribution in [0.5, 0.6) is 0 Å². The summed E-state index contributed by atoms with van der Waals surface area (Å²) < 4.78 is 1.59. The fourth-order valence-corrected chi connectivity index (χ4v) is 4.49. The first-order chi connectivity index (χ1) is 16.1. The molecule has 0 aliphatic carbocycles. The van der Waals surface area contributed by atoms with Gasteiger partial charge in [-0.1, -0.05) is 103 Å². The fourth-order valence-electron chi connectivity index (χ4n) is 3.60. The molecular formula is C26H26N4O2S. The molecule has 4 rings (SSSR count). The minimum absolute atomic E-state index is 0.122. The molecule has 1 aromatic heterocycles. The van der Waals surface area contributed by atoms with Crippen molar-refractivity contribution in [3.63, 3.8) is 0 Å². The normalized spacial score (nSPS) is 11.9. The lowest BCUT2D eigenvalue weighted by Gasteiger charge is -2.22. The van der Waals surface area contributed by atoms with Crippen LogP contribution in [-0.2, 0) is 17.8 Å². The summed E-state index contributed by atoms with van der Waals surface area (Å²) in [5.41, 5.74) is 2.89. The number of H-pyrrole nitrogens is 1. The first-order valence-corrected chi connectivity index (χ1v) is 11.8. The number of hydrogen-bond donors (Lipinski definition) is 2. The maximum atomic E-state index is 13.1. The highest BCUT2D eigenvalue weighted by molar-refractivity contribution is 8.00. The average molecular weight is 459 g/mol. The summed E-state index contributed by atoms with van der Waals surface area (Å²) in [6.45, 7) is 2.32. The van der Waals surface area contributed by atoms with E-state index in [1.807, 2.05) is 97.9 Å². The van der Waals surface area contributed by atoms with Crippen LogP contribution in [0.15, 0.2) is 101 Å². The molecule has 0 saturated carbocycles. The van der Waals surface area contributed by atoms with Gasteiger partial charge in [0.05, 0.1) is 11.3 Å². The van der Waals surface area contributed by atoms with Crippen molar-refractivity contribution in [2.24, 2.45) is 0 Å². The summed E-state index contributed by atoms with van der Waals surface area (Å²) >= 11 is 1.28. The van der Waals surface area contributed by atoms with Gasteiger partial charge in [0.25, 0.3) is 0 Å². The van der Waals surface area contributed by atoms with Gasteiger partial charge in [-0.3, -0.25) is 9.36 Å². The molecule has 0 radical (unpaired) electrons. The molecule has 0 aliphatic rings. The molecule has 0 aliphatic heterocycles. The van der Waals surface area contributed by atoms with Gasteiger partial charge < -0.3 is 5.32 Å². The van der Waals surface area contributed by atoms with Crippen molar-refractivity contribution in [2.45, 2.75) is 36.3 Å². The number of rotatable bonds is 9. The number of aryl methyl sites for hydroxylation is 1. The van der Waals surface area contributed by atoms with Crippen LogP contribution < -0.4 is 11.0 Å². The van der Waals surface area contributed by atoms with Gasteiger partial charge in [-0.2, -0.15) is 0 Å². The summed E-state index contributed by atoms with van der Waals surface area (Å²) in [5.74, 6) is -0.122. The number of aromatic amines is 1. The largest absolute Gasteiger partial charge is 0.344 e. The summed E-state index contributed by atoms with van der Waals surface area (Å²) in [6.07, 6.45) is 0.707. The van der Waals surface area contributed by atoms with E-state index in [0.717, 1.165) is 16.7 Å². The third-order valence-corrected chi connectivity index (χ3v) is 6.48. The van der Waals surface area contributed by atoms with Crippen molar-refractivity contribution >= 4 is 17.7 Å². The van der Waals surface area contributed by atoms with Crippen LogP contribution in [0.1, 0.15) is 29.7 Å². The minimum Gasteiger partial charge on any atom is -0.344 e. The van der Waals surface area contributed by atoms with Crippen molar-refractivity contribution in [1.29, 1.82) is 0 Å². The molecule has 1 heterocycles. The first-order valence-electron chi connectivity index (χ1n) is 10.9. The van der Waals surface area contributed by atoms with Gasteiger partial charge in [-0.15, -0.1) is 5.10 Å². The summed E-state index contributed by atoms with van der Waals surface area (Å²) in [6, 6.07) is 29.5. The highest BCUT2D eigenvalue weighted by atomic mass is 32.2. The number of hydrogen-bond acceptors (Lipinski definition) is 4. The second-order valence-corrected chi connectivity index (χ2v) is 9.03. The monoisotopic (exact) mass is 458 g/mol. The number of carbonyl (C=O) groups excluding carboxylic acids is 1. The predicted octanol–water partition coefficient (Wildman–Crippen LogP) is 4.20. The van der Waals surface area contributed by atoms with Gasteiger partial charge in [-0.05, 0) is 30.0 Å². The maximum Gasteiger partial charge on any atom is 0.343 e. The topological polar surface area (TPSA) is 79.8 Å². The van der Waals surface area contributed by atoms with Crippen molar-refractivity contribution in [3.05, 3.63) is 118 Å². The molecule has 0 bridgehead atoms. The number of aromatic nitrogens is 3. The molecular weight excluding hydrogens is 432 g/mol. The molecule has 1 amide bonds. The molecule has 1 atom stereocenters. The number of carbonyl (C=O) groups is 1. The van der Waals surface area contributed by atoms with E-state index in [4.69, 9.17) is 0 Å². The van der Waals surface area contributed by atoms with E-state index in [-0.39, 0.29) is 17.6 Å². The Balaban J connectivity index is 1.46. The summed E-state index contributed by atoms with van der Waals surface area (Å²) in [4.78, 5) is 25.4. The van der Waals surface area contributed by atoms with Crippen molar-refractivity contribution < 1.29 is 4.79 Å². The lowest BCUT2D eigenvalue weighted by Crippen LogP contribution is -2.35. The zero-order valence-electron chi connectivity index (χ0n) is 18.3. The molecule has 2 N–H and O–H groups in total. The third kappa shape index (κ3) is 5.81. The van der Waals surface area contributed by atoms with E-state index in [2.05, 4.69) is 15.5 Å². The van der Waals surface area contributed by atoms with E-state index in [9.17, 15) is 9.59 Å². The smallest absolute Gasteiger partial charge is 0.343 e. The first kappa shape index (κ1) is 22.6. The highest BCUT2D eigenvalue weighted by Crippen LogP contribution is 2.25. The number of benzene rings is 3. The Morgan fingerprint density at radius 3 is 2.06 bits per heavy atom. The molecule has 0 saturated heterocycles. The maximum absolute atomic E-state index is 13.1. The molecule has 1 unspecified atom stereocenters. The van der Waals surface area contributed by atoms with Crippen LogP contribution in [0, 0.1) is 0 Å². The van der Waals surface area contributed by atoms with Crippen molar-refractivity contribution in [3.8, 4) is 0 Å². The second-order valence-electron chi connectivity index (χ2n) is 7.72. The molecule has 0 spiro atoms. The van der Waals surface area contributed by atoms with Gasteiger partial charge in [-0.25, -0.2) is 9.89 Å².